The summed E-state index contributed by atoms with van der Waals surface area (Å²) in [6.07, 6.45) is 2.22. The van der Waals surface area contributed by atoms with Crippen LogP contribution >= 0.6 is 0 Å². The number of benzene rings is 4. The normalized spacial score (nSPS) is 12.9. The van der Waals surface area contributed by atoms with Crippen LogP contribution in [0.1, 0.15) is 43.0 Å². The van der Waals surface area contributed by atoms with Gasteiger partial charge in [-0.3, -0.25) is 0 Å². The van der Waals surface area contributed by atoms with E-state index in [0.717, 1.165) is 27.8 Å². The Balaban J connectivity index is 1.78. The van der Waals surface area contributed by atoms with E-state index in [9.17, 15) is 0 Å². The van der Waals surface area contributed by atoms with Crippen molar-refractivity contribution >= 4 is 14.4 Å². The predicted molar refractivity (Wildman–Crippen MR) is 163 cm³/mol. The summed E-state index contributed by atoms with van der Waals surface area (Å²) in [6, 6.07) is 42.1. The molecule has 0 aliphatic carbocycles. The first-order valence-corrected chi connectivity index (χ1v) is 16.3. The van der Waals surface area contributed by atoms with Gasteiger partial charge in [0.25, 0.3) is 0 Å². The van der Waals surface area contributed by atoms with Crippen LogP contribution in [0.3, 0.4) is 0 Å². The fraction of sp³-hybridized carbons (Fsp3) is 0.257. The largest absolute Gasteiger partial charge is 0.413 e. The van der Waals surface area contributed by atoms with Gasteiger partial charge in [-0.25, -0.2) is 0 Å². The lowest BCUT2D eigenvalue weighted by atomic mass is 9.80. The molecular weight excluding hydrogens is 480 g/mol. The Bertz CT molecular complexity index is 1200. The molecule has 4 aromatic carbocycles. The van der Waals surface area contributed by atoms with Gasteiger partial charge < -0.3 is 9.16 Å². The van der Waals surface area contributed by atoms with E-state index in [1.54, 1.807) is 0 Å². The molecule has 0 aliphatic rings. The summed E-state index contributed by atoms with van der Waals surface area (Å²) in [6.45, 7) is 12.4. The molecule has 0 radical (unpaired) electrons. The van der Waals surface area contributed by atoms with Gasteiger partial charge in [0.15, 0.2) is 8.32 Å². The summed E-state index contributed by atoms with van der Waals surface area (Å²) < 4.78 is 13.8. The standard InChI is InChI=1S/C35H40O2Si/c1-34(2,3)38(4,5)37-28-30(26-29-18-10-6-11-19-29)27-36-35(31-20-12-7-13-21-31,32-22-14-8-15-23-32)33-24-16-9-17-25-33/h6-26H,27-28H2,1-5H3/b30-26-. The van der Waals surface area contributed by atoms with Crippen molar-refractivity contribution in [3.05, 3.63) is 149 Å². The van der Waals surface area contributed by atoms with Crippen LogP contribution in [0.4, 0.5) is 0 Å². The quantitative estimate of drug-likeness (QED) is 0.153. The van der Waals surface area contributed by atoms with Gasteiger partial charge in [0, 0.05) is 0 Å². The van der Waals surface area contributed by atoms with Crippen LogP contribution in [0.15, 0.2) is 127 Å². The summed E-state index contributed by atoms with van der Waals surface area (Å²) in [5, 5.41) is 0.133. The summed E-state index contributed by atoms with van der Waals surface area (Å²) >= 11 is 0. The van der Waals surface area contributed by atoms with Gasteiger partial charge in [0.2, 0.25) is 0 Å². The molecule has 0 heterocycles. The van der Waals surface area contributed by atoms with Crippen LogP contribution in [0.5, 0.6) is 0 Å². The highest BCUT2D eigenvalue weighted by molar-refractivity contribution is 6.74. The lowest BCUT2D eigenvalue weighted by molar-refractivity contribution is 0.0250. The van der Waals surface area contributed by atoms with Gasteiger partial charge in [0.05, 0.1) is 13.2 Å². The van der Waals surface area contributed by atoms with Crippen LogP contribution in [0, 0.1) is 0 Å². The van der Waals surface area contributed by atoms with Gasteiger partial charge in [-0.15, -0.1) is 0 Å². The second kappa shape index (κ2) is 12.1. The summed E-state index contributed by atoms with van der Waals surface area (Å²) in [5.74, 6) is 0. The molecule has 0 fully saturated rings. The molecule has 4 rings (SSSR count). The third-order valence-electron chi connectivity index (χ3n) is 7.61. The second-order valence-electron chi connectivity index (χ2n) is 11.3. The molecule has 0 spiro atoms. The van der Waals surface area contributed by atoms with E-state index in [4.69, 9.17) is 9.16 Å². The molecule has 0 saturated heterocycles. The molecule has 0 unspecified atom stereocenters. The molecule has 4 aromatic rings. The molecule has 0 bridgehead atoms. The first-order chi connectivity index (χ1) is 18.2. The lowest BCUT2D eigenvalue weighted by Gasteiger charge is -2.38. The molecule has 2 nitrogen and oxygen atoms in total. The Labute approximate surface area is 230 Å². The molecule has 38 heavy (non-hydrogen) atoms. The van der Waals surface area contributed by atoms with Gasteiger partial charge in [0.1, 0.15) is 5.60 Å². The third-order valence-corrected chi connectivity index (χ3v) is 12.1. The molecule has 0 atom stereocenters. The number of ether oxygens (including phenoxy) is 1. The zero-order valence-electron chi connectivity index (χ0n) is 23.4. The highest BCUT2D eigenvalue weighted by Gasteiger charge is 2.39. The van der Waals surface area contributed by atoms with Gasteiger partial charge in [-0.05, 0) is 46.0 Å². The van der Waals surface area contributed by atoms with Crippen molar-refractivity contribution in [2.24, 2.45) is 0 Å². The lowest BCUT2D eigenvalue weighted by Crippen LogP contribution is -2.41. The van der Waals surface area contributed by atoms with Crippen molar-refractivity contribution in [3.63, 3.8) is 0 Å². The Morgan fingerprint density at radius 3 is 1.39 bits per heavy atom. The summed E-state index contributed by atoms with van der Waals surface area (Å²) in [7, 11) is -1.95. The maximum Gasteiger partial charge on any atom is 0.192 e. The van der Waals surface area contributed by atoms with E-state index in [-0.39, 0.29) is 5.04 Å². The fourth-order valence-corrected chi connectivity index (χ4v) is 5.35. The predicted octanol–water partition coefficient (Wildman–Crippen LogP) is 9.10. The summed E-state index contributed by atoms with van der Waals surface area (Å²) in [4.78, 5) is 0. The van der Waals surface area contributed by atoms with Crippen molar-refractivity contribution in [3.8, 4) is 0 Å². The van der Waals surface area contributed by atoms with E-state index in [0.29, 0.717) is 13.2 Å². The van der Waals surface area contributed by atoms with Gasteiger partial charge in [-0.1, -0.05) is 148 Å². The van der Waals surface area contributed by atoms with Crippen LogP contribution < -0.4 is 0 Å². The minimum Gasteiger partial charge on any atom is -0.413 e. The fourth-order valence-electron chi connectivity index (χ4n) is 4.37. The highest BCUT2D eigenvalue weighted by atomic mass is 28.4. The molecule has 0 N–H and O–H groups in total. The Morgan fingerprint density at radius 1 is 0.605 bits per heavy atom. The molecule has 0 aliphatic heterocycles. The topological polar surface area (TPSA) is 18.5 Å². The molecule has 0 amide bonds. The van der Waals surface area contributed by atoms with E-state index < -0.39 is 13.9 Å². The van der Waals surface area contributed by atoms with Crippen molar-refractivity contribution in [2.75, 3.05) is 13.2 Å². The number of hydrogen-bond donors (Lipinski definition) is 0. The highest BCUT2D eigenvalue weighted by Crippen LogP contribution is 2.41. The SMILES string of the molecule is CC(C)(C)[Si](C)(C)OC/C(=C\c1ccccc1)COC(c1ccccc1)(c1ccccc1)c1ccccc1. The van der Waals surface area contributed by atoms with E-state index in [1.807, 2.05) is 6.07 Å². The second-order valence-corrected chi connectivity index (χ2v) is 16.1. The van der Waals surface area contributed by atoms with E-state index >= 15 is 0 Å². The molecule has 3 heteroatoms. The zero-order chi connectivity index (χ0) is 27.1. The number of rotatable bonds is 10. The van der Waals surface area contributed by atoms with Gasteiger partial charge in [-0.2, -0.15) is 0 Å². The maximum atomic E-state index is 7.14. The van der Waals surface area contributed by atoms with Crippen LogP contribution in [-0.2, 0) is 14.8 Å². The molecule has 0 aromatic heterocycles. The van der Waals surface area contributed by atoms with E-state index in [1.165, 1.54) is 0 Å². The first-order valence-electron chi connectivity index (χ1n) is 13.4. The average Bonchev–Trinajstić information content (AvgIpc) is 2.93. The minimum absolute atomic E-state index is 0.133. The smallest absolute Gasteiger partial charge is 0.192 e. The van der Waals surface area contributed by atoms with Crippen molar-refractivity contribution in [1.29, 1.82) is 0 Å². The molecular formula is C35H40O2Si. The van der Waals surface area contributed by atoms with Crippen LogP contribution in [0.2, 0.25) is 18.1 Å². The number of hydrogen-bond acceptors (Lipinski definition) is 2. The Morgan fingerprint density at radius 2 is 1.00 bits per heavy atom. The molecule has 0 saturated carbocycles. The first kappa shape index (κ1) is 27.8. The minimum atomic E-state index is -1.95. The van der Waals surface area contributed by atoms with E-state index in [2.05, 4.69) is 155 Å². The monoisotopic (exact) mass is 520 g/mol. The average molecular weight is 521 g/mol. The molecule has 196 valence electrons. The van der Waals surface area contributed by atoms with Crippen LogP contribution in [-0.4, -0.2) is 21.5 Å². The van der Waals surface area contributed by atoms with Crippen molar-refractivity contribution < 1.29 is 9.16 Å². The van der Waals surface area contributed by atoms with Crippen molar-refractivity contribution in [2.45, 2.75) is 44.5 Å². The summed E-state index contributed by atoms with van der Waals surface area (Å²) in [5.41, 5.74) is 4.80. The zero-order valence-corrected chi connectivity index (χ0v) is 24.4. The van der Waals surface area contributed by atoms with Gasteiger partial charge >= 0.3 is 0 Å². The Hall–Kier alpha value is -3.24. The maximum absolute atomic E-state index is 7.14. The Kier molecular flexibility index (Phi) is 8.83. The van der Waals surface area contributed by atoms with Crippen LogP contribution in [0.25, 0.3) is 6.08 Å². The third kappa shape index (κ3) is 6.42. The van der Waals surface area contributed by atoms with Crippen molar-refractivity contribution in [1.82, 2.24) is 0 Å².